The van der Waals surface area contributed by atoms with Crippen LogP contribution < -0.4 is 10.1 Å². The highest BCUT2D eigenvalue weighted by atomic mass is 35.5. The largest absolute Gasteiger partial charge is 0.462 e. The third kappa shape index (κ3) is 4.82. The summed E-state index contributed by atoms with van der Waals surface area (Å²) in [6.45, 7) is 4.01. The lowest BCUT2D eigenvalue weighted by molar-refractivity contribution is -0.231. The first-order valence-electron chi connectivity index (χ1n) is 13.0. The smallest absolute Gasteiger partial charge is 0.251 e. The summed E-state index contributed by atoms with van der Waals surface area (Å²) in [6.07, 6.45) is 7.55. The van der Waals surface area contributed by atoms with E-state index in [1.54, 1.807) is 6.07 Å². The van der Waals surface area contributed by atoms with Crippen molar-refractivity contribution in [2.24, 2.45) is 0 Å². The lowest BCUT2D eigenvalue weighted by Gasteiger charge is -2.47. The number of ether oxygens (including phenoxy) is 3. The molecule has 186 valence electrons. The minimum absolute atomic E-state index is 0.0914. The normalized spacial score (nSPS) is 22.8. The summed E-state index contributed by atoms with van der Waals surface area (Å²) >= 11 is 6.64. The first-order chi connectivity index (χ1) is 17.1. The van der Waals surface area contributed by atoms with E-state index in [1.165, 1.54) is 19.3 Å². The molecule has 1 saturated carbocycles. The third-order valence-corrected chi connectivity index (χ3v) is 8.41. The van der Waals surface area contributed by atoms with E-state index in [2.05, 4.69) is 16.3 Å². The lowest BCUT2D eigenvalue weighted by atomic mass is 9.89. The number of hydrogen-bond acceptors (Lipinski definition) is 5. The summed E-state index contributed by atoms with van der Waals surface area (Å²) in [5.41, 5.74) is 3.50. The molecule has 3 fully saturated rings. The molecule has 1 aliphatic carbocycles. The lowest BCUT2D eigenvalue weighted by Crippen LogP contribution is -2.54. The van der Waals surface area contributed by atoms with Crippen LogP contribution in [0.2, 0.25) is 5.02 Å². The number of fused-ring (bicyclic) bond motifs is 1. The van der Waals surface area contributed by atoms with Gasteiger partial charge in [0, 0.05) is 72.9 Å². The summed E-state index contributed by atoms with van der Waals surface area (Å²) in [7, 11) is 0. The van der Waals surface area contributed by atoms with Crippen LogP contribution in [0.1, 0.15) is 60.9 Å². The number of carbonyl (C=O) groups excluding carboxylic acids is 1. The minimum atomic E-state index is -0.494. The molecule has 0 unspecified atom stereocenters. The van der Waals surface area contributed by atoms with Gasteiger partial charge in [-0.1, -0.05) is 30.2 Å². The van der Waals surface area contributed by atoms with Gasteiger partial charge in [0.1, 0.15) is 5.75 Å². The first kappa shape index (κ1) is 23.3. The van der Waals surface area contributed by atoms with Gasteiger partial charge in [-0.3, -0.25) is 9.69 Å². The highest BCUT2D eigenvalue weighted by molar-refractivity contribution is 6.33. The predicted octanol–water partition coefficient (Wildman–Crippen LogP) is 5.17. The fourth-order valence-corrected chi connectivity index (χ4v) is 5.92. The molecule has 0 bridgehead atoms. The van der Waals surface area contributed by atoms with Crippen LogP contribution in [0.15, 0.2) is 36.4 Å². The summed E-state index contributed by atoms with van der Waals surface area (Å²) in [6, 6.07) is 12.6. The zero-order valence-corrected chi connectivity index (χ0v) is 20.8. The Morgan fingerprint density at radius 1 is 1.03 bits per heavy atom. The average Bonchev–Trinajstić information content (AvgIpc) is 2.85. The topological polar surface area (TPSA) is 60.0 Å². The first-order valence-corrected chi connectivity index (χ1v) is 13.3. The Hall–Kier alpha value is -2.12. The molecule has 2 saturated heterocycles. The zero-order chi connectivity index (χ0) is 23.8. The molecular formula is C28H33ClN2O4. The summed E-state index contributed by atoms with van der Waals surface area (Å²) < 4.78 is 18.1. The molecule has 2 aromatic carbocycles. The van der Waals surface area contributed by atoms with Gasteiger partial charge < -0.3 is 19.5 Å². The maximum atomic E-state index is 12.7. The van der Waals surface area contributed by atoms with Crippen molar-refractivity contribution in [3.8, 4) is 16.9 Å². The second kappa shape index (κ2) is 9.74. The summed E-state index contributed by atoms with van der Waals surface area (Å²) in [4.78, 5) is 15.3. The molecule has 1 spiro atoms. The molecule has 0 atom stereocenters. The van der Waals surface area contributed by atoms with Gasteiger partial charge in [0.05, 0.1) is 6.61 Å². The molecule has 35 heavy (non-hydrogen) atoms. The fourth-order valence-electron chi connectivity index (χ4n) is 5.63. The minimum Gasteiger partial charge on any atom is -0.462 e. The van der Waals surface area contributed by atoms with E-state index in [1.807, 2.05) is 24.3 Å². The Balaban J connectivity index is 1.13. The molecule has 4 aliphatic rings. The van der Waals surface area contributed by atoms with Crippen LogP contribution >= 0.6 is 11.6 Å². The third-order valence-electron chi connectivity index (χ3n) is 8.10. The van der Waals surface area contributed by atoms with Crippen LogP contribution in [-0.2, 0) is 16.1 Å². The molecule has 7 heteroatoms. The number of halogens is 1. The molecule has 1 N–H and O–H groups in total. The van der Waals surface area contributed by atoms with Gasteiger partial charge in [-0.25, -0.2) is 0 Å². The van der Waals surface area contributed by atoms with Gasteiger partial charge in [-0.15, -0.1) is 0 Å². The van der Waals surface area contributed by atoms with E-state index in [0.29, 0.717) is 30.4 Å². The van der Waals surface area contributed by atoms with E-state index in [0.717, 1.165) is 67.3 Å². The highest BCUT2D eigenvalue weighted by Gasteiger charge is 2.42. The van der Waals surface area contributed by atoms with Crippen LogP contribution in [-0.4, -0.2) is 55.0 Å². The van der Waals surface area contributed by atoms with Crippen molar-refractivity contribution in [3.63, 3.8) is 0 Å². The van der Waals surface area contributed by atoms with E-state index in [4.69, 9.17) is 25.8 Å². The molecule has 2 aromatic rings. The van der Waals surface area contributed by atoms with Crippen molar-refractivity contribution in [1.82, 2.24) is 10.2 Å². The Labute approximate surface area is 211 Å². The van der Waals surface area contributed by atoms with Gasteiger partial charge in [0.15, 0.2) is 0 Å². The number of benzene rings is 2. The Morgan fingerprint density at radius 3 is 2.54 bits per heavy atom. The van der Waals surface area contributed by atoms with Crippen molar-refractivity contribution in [3.05, 3.63) is 52.5 Å². The number of hydrogen-bond donors (Lipinski definition) is 1. The molecular weight excluding hydrogens is 464 g/mol. The van der Waals surface area contributed by atoms with Crippen LogP contribution in [0, 0.1) is 0 Å². The molecule has 3 heterocycles. The van der Waals surface area contributed by atoms with Crippen molar-refractivity contribution in [2.45, 2.75) is 69.4 Å². The van der Waals surface area contributed by atoms with Gasteiger partial charge in [0.25, 0.3) is 5.91 Å². The van der Waals surface area contributed by atoms with Gasteiger partial charge in [-0.05, 0) is 55.5 Å². The Kier molecular flexibility index (Phi) is 6.48. The maximum absolute atomic E-state index is 12.7. The van der Waals surface area contributed by atoms with Crippen molar-refractivity contribution < 1.29 is 19.0 Å². The van der Waals surface area contributed by atoms with E-state index in [-0.39, 0.29) is 11.9 Å². The van der Waals surface area contributed by atoms with E-state index >= 15 is 0 Å². The zero-order valence-electron chi connectivity index (χ0n) is 20.1. The monoisotopic (exact) mass is 496 g/mol. The van der Waals surface area contributed by atoms with Crippen LogP contribution in [0.4, 0.5) is 0 Å². The Morgan fingerprint density at radius 2 is 1.83 bits per heavy atom. The SMILES string of the molecule is O=C(NC1CCOCC1)c1ccc(-c2ccc3c(c2)COC2(CCN(C4CCC4)CC2)O3)c(Cl)c1. The molecule has 0 aromatic heterocycles. The van der Waals surface area contributed by atoms with Crippen molar-refractivity contribution in [1.29, 1.82) is 0 Å². The number of amides is 1. The molecule has 3 aliphatic heterocycles. The second-order valence-corrected chi connectivity index (χ2v) is 10.7. The number of carbonyl (C=O) groups is 1. The quantitative estimate of drug-likeness (QED) is 0.632. The molecule has 1 amide bonds. The molecule has 6 rings (SSSR count). The number of piperidine rings is 1. The fraction of sp³-hybridized carbons (Fsp3) is 0.536. The van der Waals surface area contributed by atoms with Crippen LogP contribution in [0.5, 0.6) is 5.75 Å². The highest BCUT2D eigenvalue weighted by Crippen LogP contribution is 2.41. The number of nitrogens with one attached hydrogen (secondary N) is 1. The predicted molar refractivity (Wildman–Crippen MR) is 135 cm³/mol. The average molecular weight is 497 g/mol. The summed E-state index contributed by atoms with van der Waals surface area (Å²) in [5.74, 6) is 0.318. The standard InChI is InChI=1S/C28H33ClN2O4/c29-25-17-20(27(32)30-22-8-14-33-15-9-22)4-6-24(25)19-5-7-26-21(16-19)18-34-28(35-26)10-12-31(13-11-28)23-2-1-3-23/h4-7,16-17,22-23H,1-3,8-15,18H2,(H,30,32). The Bertz CT molecular complexity index is 1090. The van der Waals surface area contributed by atoms with Crippen molar-refractivity contribution >= 4 is 17.5 Å². The van der Waals surface area contributed by atoms with Gasteiger partial charge >= 0.3 is 0 Å². The molecule has 0 radical (unpaired) electrons. The van der Waals surface area contributed by atoms with Gasteiger partial charge in [0.2, 0.25) is 5.79 Å². The summed E-state index contributed by atoms with van der Waals surface area (Å²) in [5, 5.41) is 3.65. The maximum Gasteiger partial charge on any atom is 0.251 e. The van der Waals surface area contributed by atoms with E-state index in [9.17, 15) is 4.79 Å². The number of likely N-dealkylation sites (tertiary alicyclic amines) is 1. The van der Waals surface area contributed by atoms with Crippen LogP contribution in [0.3, 0.4) is 0 Å². The van der Waals surface area contributed by atoms with E-state index < -0.39 is 5.79 Å². The van der Waals surface area contributed by atoms with Crippen molar-refractivity contribution in [2.75, 3.05) is 26.3 Å². The molecule has 6 nitrogen and oxygen atoms in total. The second-order valence-electron chi connectivity index (χ2n) is 10.3. The van der Waals surface area contributed by atoms with Gasteiger partial charge in [-0.2, -0.15) is 0 Å². The number of rotatable bonds is 4. The number of nitrogens with zero attached hydrogens (tertiary/aromatic N) is 1. The van der Waals surface area contributed by atoms with Crippen LogP contribution in [0.25, 0.3) is 11.1 Å².